The molecule has 1 rings (SSSR count). The fourth-order valence-electron chi connectivity index (χ4n) is 2.09. The Morgan fingerprint density at radius 1 is 1.32 bits per heavy atom. The van der Waals surface area contributed by atoms with Crippen LogP contribution in [0.5, 0.6) is 0 Å². The van der Waals surface area contributed by atoms with Crippen LogP contribution in [0, 0.1) is 5.82 Å². The van der Waals surface area contributed by atoms with E-state index in [0.29, 0.717) is 6.04 Å². The normalized spacial score (nSPS) is 14.6. The predicted octanol–water partition coefficient (Wildman–Crippen LogP) is 2.44. The summed E-state index contributed by atoms with van der Waals surface area (Å²) in [5, 5.41) is 3.28. The van der Waals surface area contributed by atoms with Gasteiger partial charge in [-0.1, -0.05) is 12.1 Å². The van der Waals surface area contributed by atoms with Crippen LogP contribution in [-0.4, -0.2) is 45.3 Å². The Morgan fingerprint density at radius 3 is 2.47 bits per heavy atom. The van der Waals surface area contributed by atoms with Crippen molar-refractivity contribution in [2.24, 2.45) is 0 Å². The molecule has 0 aliphatic heterocycles. The van der Waals surface area contributed by atoms with Crippen LogP contribution in [-0.2, 0) is 4.74 Å². The lowest BCUT2D eigenvalue weighted by molar-refractivity contribution is 0.113. The molecule has 0 saturated heterocycles. The minimum absolute atomic E-state index is 0.190. The highest BCUT2D eigenvalue weighted by atomic mass is 19.1. The molecule has 0 amide bonds. The van der Waals surface area contributed by atoms with Gasteiger partial charge in [0, 0.05) is 25.7 Å². The van der Waals surface area contributed by atoms with E-state index in [1.807, 2.05) is 19.2 Å². The lowest BCUT2D eigenvalue weighted by Gasteiger charge is -2.26. The van der Waals surface area contributed by atoms with Crippen LogP contribution in [0.4, 0.5) is 4.39 Å². The molecule has 3 nitrogen and oxygen atoms in total. The molecule has 1 aromatic rings. The van der Waals surface area contributed by atoms with Gasteiger partial charge in [0.2, 0.25) is 0 Å². The van der Waals surface area contributed by atoms with Gasteiger partial charge in [-0.3, -0.25) is 0 Å². The third kappa shape index (κ3) is 5.27. The summed E-state index contributed by atoms with van der Waals surface area (Å²) in [7, 11) is 5.76. The van der Waals surface area contributed by atoms with Crippen molar-refractivity contribution in [3.63, 3.8) is 0 Å². The zero-order valence-electron chi connectivity index (χ0n) is 12.3. The highest BCUT2D eigenvalue weighted by molar-refractivity contribution is 5.19. The average molecular weight is 268 g/mol. The minimum atomic E-state index is -0.190. The quantitative estimate of drug-likeness (QED) is 0.784. The molecule has 0 aliphatic carbocycles. The molecule has 2 atom stereocenters. The molecule has 108 valence electrons. The molecule has 19 heavy (non-hydrogen) atoms. The van der Waals surface area contributed by atoms with Gasteiger partial charge in [0.15, 0.2) is 0 Å². The second-order valence-electron chi connectivity index (χ2n) is 4.97. The molecule has 4 heteroatoms. The third-order valence-electron chi connectivity index (χ3n) is 3.55. The van der Waals surface area contributed by atoms with Gasteiger partial charge in [-0.25, -0.2) is 4.39 Å². The van der Waals surface area contributed by atoms with E-state index in [2.05, 4.69) is 24.2 Å². The van der Waals surface area contributed by atoms with E-state index < -0.39 is 0 Å². The number of methoxy groups -OCH3 is 1. The first-order valence-corrected chi connectivity index (χ1v) is 6.70. The minimum Gasteiger partial charge on any atom is -0.383 e. The molecular weight excluding hydrogens is 243 g/mol. The standard InChI is InChI=1S/C15H25FN2O/c1-12(11-19-4)18(3)10-9-15(17-2)13-5-7-14(16)8-6-13/h5-8,12,15,17H,9-11H2,1-4H3. The van der Waals surface area contributed by atoms with Crippen molar-refractivity contribution in [3.05, 3.63) is 35.6 Å². The zero-order valence-corrected chi connectivity index (χ0v) is 12.3. The molecule has 0 radical (unpaired) electrons. The first kappa shape index (κ1) is 16.1. The number of hydrogen-bond donors (Lipinski definition) is 1. The number of nitrogens with one attached hydrogen (secondary N) is 1. The van der Waals surface area contributed by atoms with Gasteiger partial charge >= 0.3 is 0 Å². The monoisotopic (exact) mass is 268 g/mol. The fraction of sp³-hybridized carbons (Fsp3) is 0.600. The summed E-state index contributed by atoms with van der Waals surface area (Å²) in [6.07, 6.45) is 0.979. The third-order valence-corrected chi connectivity index (χ3v) is 3.55. The van der Waals surface area contributed by atoms with Crippen molar-refractivity contribution in [1.29, 1.82) is 0 Å². The number of benzene rings is 1. The number of ether oxygens (including phenoxy) is 1. The summed E-state index contributed by atoms with van der Waals surface area (Å²) >= 11 is 0. The molecule has 0 aromatic heterocycles. The van der Waals surface area contributed by atoms with Crippen molar-refractivity contribution in [1.82, 2.24) is 10.2 Å². The first-order chi connectivity index (χ1) is 9.08. The van der Waals surface area contributed by atoms with E-state index in [1.54, 1.807) is 7.11 Å². The Kier molecular flexibility index (Phi) is 6.99. The van der Waals surface area contributed by atoms with Gasteiger partial charge in [-0.15, -0.1) is 0 Å². The summed E-state index contributed by atoms with van der Waals surface area (Å²) in [5.41, 5.74) is 1.12. The second kappa shape index (κ2) is 8.25. The molecule has 0 saturated carbocycles. The van der Waals surface area contributed by atoms with Crippen LogP contribution in [0.15, 0.2) is 24.3 Å². The van der Waals surface area contributed by atoms with E-state index in [-0.39, 0.29) is 11.9 Å². The largest absolute Gasteiger partial charge is 0.383 e. The van der Waals surface area contributed by atoms with E-state index in [0.717, 1.165) is 25.1 Å². The molecule has 1 N–H and O–H groups in total. The summed E-state index contributed by atoms with van der Waals surface area (Å²) < 4.78 is 18.1. The topological polar surface area (TPSA) is 24.5 Å². The van der Waals surface area contributed by atoms with Crippen molar-refractivity contribution >= 4 is 0 Å². The first-order valence-electron chi connectivity index (χ1n) is 6.70. The Bertz CT molecular complexity index is 356. The van der Waals surface area contributed by atoms with Crippen LogP contribution < -0.4 is 5.32 Å². The summed E-state index contributed by atoms with van der Waals surface area (Å²) in [6.45, 7) is 3.85. The second-order valence-corrected chi connectivity index (χ2v) is 4.97. The van der Waals surface area contributed by atoms with Crippen LogP contribution in [0.2, 0.25) is 0 Å². The summed E-state index contributed by atoms with van der Waals surface area (Å²) in [6, 6.07) is 7.35. The van der Waals surface area contributed by atoms with Crippen LogP contribution in [0.1, 0.15) is 24.9 Å². The molecule has 1 aromatic carbocycles. The lowest BCUT2D eigenvalue weighted by atomic mass is 10.0. The van der Waals surface area contributed by atoms with E-state index in [9.17, 15) is 4.39 Å². The molecule has 0 bridgehead atoms. The molecule has 0 spiro atoms. The molecule has 0 heterocycles. The Morgan fingerprint density at radius 2 is 1.95 bits per heavy atom. The van der Waals surface area contributed by atoms with E-state index >= 15 is 0 Å². The van der Waals surface area contributed by atoms with Gasteiger partial charge in [-0.05, 0) is 45.1 Å². The van der Waals surface area contributed by atoms with Crippen molar-refractivity contribution in [3.8, 4) is 0 Å². The number of rotatable bonds is 8. The maximum absolute atomic E-state index is 12.9. The molecule has 2 unspecified atom stereocenters. The van der Waals surface area contributed by atoms with Crippen molar-refractivity contribution < 1.29 is 9.13 Å². The number of likely N-dealkylation sites (N-methyl/N-ethyl adjacent to an activating group) is 1. The van der Waals surface area contributed by atoms with Gasteiger partial charge in [0.05, 0.1) is 6.61 Å². The maximum atomic E-state index is 12.9. The van der Waals surface area contributed by atoms with Crippen molar-refractivity contribution in [2.75, 3.05) is 34.4 Å². The lowest BCUT2D eigenvalue weighted by Crippen LogP contribution is -2.35. The summed E-state index contributed by atoms with van der Waals surface area (Å²) in [5.74, 6) is -0.190. The SMILES string of the molecule is CNC(CCN(C)C(C)COC)c1ccc(F)cc1. The Labute approximate surface area is 115 Å². The van der Waals surface area contributed by atoms with Crippen LogP contribution >= 0.6 is 0 Å². The zero-order chi connectivity index (χ0) is 14.3. The van der Waals surface area contributed by atoms with Crippen LogP contribution in [0.3, 0.4) is 0 Å². The summed E-state index contributed by atoms with van der Waals surface area (Å²) in [4.78, 5) is 2.28. The van der Waals surface area contributed by atoms with E-state index in [4.69, 9.17) is 4.74 Å². The van der Waals surface area contributed by atoms with Gasteiger partial charge in [-0.2, -0.15) is 0 Å². The highest BCUT2D eigenvalue weighted by Gasteiger charge is 2.13. The maximum Gasteiger partial charge on any atom is 0.123 e. The number of hydrogen-bond acceptors (Lipinski definition) is 3. The molecule has 0 aliphatic rings. The molecular formula is C15H25FN2O. The van der Waals surface area contributed by atoms with Gasteiger partial charge in [0.25, 0.3) is 0 Å². The predicted molar refractivity (Wildman–Crippen MR) is 76.8 cm³/mol. The average Bonchev–Trinajstić information content (AvgIpc) is 2.41. The number of halogens is 1. The smallest absolute Gasteiger partial charge is 0.123 e. The van der Waals surface area contributed by atoms with Crippen molar-refractivity contribution in [2.45, 2.75) is 25.4 Å². The fourth-order valence-corrected chi connectivity index (χ4v) is 2.09. The van der Waals surface area contributed by atoms with Gasteiger partial charge < -0.3 is 15.0 Å². The van der Waals surface area contributed by atoms with Gasteiger partial charge in [0.1, 0.15) is 5.82 Å². The number of nitrogens with zero attached hydrogens (tertiary/aromatic N) is 1. The van der Waals surface area contributed by atoms with E-state index in [1.165, 1.54) is 12.1 Å². The Balaban J connectivity index is 2.51. The van der Waals surface area contributed by atoms with Crippen LogP contribution in [0.25, 0.3) is 0 Å². The molecule has 0 fully saturated rings. The highest BCUT2D eigenvalue weighted by Crippen LogP contribution is 2.17. The Hall–Kier alpha value is -0.970.